The van der Waals surface area contributed by atoms with Gasteiger partial charge < -0.3 is 14.4 Å². The van der Waals surface area contributed by atoms with Crippen LogP contribution in [0.4, 0.5) is 5.69 Å². The maximum Gasteiger partial charge on any atom is 0.274 e. The average molecular weight is 465 g/mol. The summed E-state index contributed by atoms with van der Waals surface area (Å²) < 4.78 is 20.8. The van der Waals surface area contributed by atoms with Crippen LogP contribution in [0.25, 0.3) is 17.0 Å². The van der Waals surface area contributed by atoms with E-state index < -0.39 is 11.4 Å². The van der Waals surface area contributed by atoms with E-state index in [0.717, 1.165) is 30.6 Å². The highest BCUT2D eigenvalue weighted by atomic mass is 32.2. The van der Waals surface area contributed by atoms with Gasteiger partial charge in [0.1, 0.15) is 17.6 Å². The third-order valence-corrected chi connectivity index (χ3v) is 7.00. The number of nitrogens with zero attached hydrogens (tertiary/aromatic N) is 5. The van der Waals surface area contributed by atoms with Crippen LogP contribution >= 0.6 is 0 Å². The quantitative estimate of drug-likeness (QED) is 0.436. The second-order valence-electron chi connectivity index (χ2n) is 8.24. The van der Waals surface area contributed by atoms with Crippen LogP contribution in [0.3, 0.4) is 0 Å². The molecule has 5 rings (SSSR count). The number of aromatic nitrogens is 4. The predicted octanol–water partition coefficient (Wildman–Crippen LogP) is 3.10. The van der Waals surface area contributed by atoms with Crippen LogP contribution in [0.2, 0.25) is 0 Å². The lowest BCUT2D eigenvalue weighted by atomic mass is 10.1. The fourth-order valence-corrected chi connectivity index (χ4v) is 4.87. The zero-order chi connectivity index (χ0) is 22.9. The zero-order valence-electron chi connectivity index (χ0n) is 18.4. The first kappa shape index (κ1) is 21.6. The Balaban J connectivity index is 1.31. The van der Waals surface area contributed by atoms with Crippen molar-refractivity contribution in [3.8, 4) is 11.4 Å². The zero-order valence-corrected chi connectivity index (χ0v) is 19.2. The maximum atomic E-state index is 12.9. The number of anilines is 1. The lowest BCUT2D eigenvalue weighted by Crippen LogP contribution is -2.27. The fourth-order valence-electron chi connectivity index (χ4n) is 4.08. The maximum absolute atomic E-state index is 12.9. The first-order chi connectivity index (χ1) is 16.0. The highest BCUT2D eigenvalue weighted by Gasteiger charge is 2.30. The molecule has 1 aromatic carbocycles. The lowest BCUT2D eigenvalue weighted by Gasteiger charge is -2.15. The standard InChI is InChI=1S/C23H24N6O3S/c1-15-6-7-17(22-26-21(32-27-22)11-16-8-10-28(14-16)33(2)31)12-18(15)25-23(30)19-13-24-20-5-3-4-9-29(19)20/h3-7,9,12-13,16H,8,10-11,14H2,1-2H3,(H,25,30). The van der Waals surface area contributed by atoms with E-state index in [2.05, 4.69) is 20.4 Å². The van der Waals surface area contributed by atoms with Gasteiger partial charge in [0, 0.05) is 48.3 Å². The molecule has 1 fully saturated rings. The van der Waals surface area contributed by atoms with Crippen molar-refractivity contribution in [3.63, 3.8) is 0 Å². The van der Waals surface area contributed by atoms with E-state index in [1.165, 1.54) is 0 Å². The number of amides is 1. The summed E-state index contributed by atoms with van der Waals surface area (Å²) in [4.78, 5) is 21.7. The third-order valence-electron chi connectivity index (χ3n) is 5.94. The Bertz CT molecular complexity index is 1300. The van der Waals surface area contributed by atoms with Crippen molar-refractivity contribution in [1.82, 2.24) is 23.8 Å². The van der Waals surface area contributed by atoms with Gasteiger partial charge in [-0.3, -0.25) is 9.20 Å². The molecule has 4 aromatic rings. The van der Waals surface area contributed by atoms with Gasteiger partial charge in [-0.1, -0.05) is 23.4 Å². The molecule has 2 atom stereocenters. The summed E-state index contributed by atoms with van der Waals surface area (Å²) in [5.74, 6) is 1.14. The molecule has 2 unspecified atom stereocenters. The van der Waals surface area contributed by atoms with Gasteiger partial charge in [0.15, 0.2) is 0 Å². The van der Waals surface area contributed by atoms with E-state index in [4.69, 9.17) is 4.52 Å². The Morgan fingerprint density at radius 2 is 2.21 bits per heavy atom. The summed E-state index contributed by atoms with van der Waals surface area (Å²) in [5.41, 5.74) is 3.51. The van der Waals surface area contributed by atoms with Gasteiger partial charge in [0.2, 0.25) is 11.7 Å². The van der Waals surface area contributed by atoms with Crippen LogP contribution in [0.5, 0.6) is 0 Å². The summed E-state index contributed by atoms with van der Waals surface area (Å²) in [6.07, 6.45) is 6.69. The summed E-state index contributed by atoms with van der Waals surface area (Å²) >= 11 is -0.947. The van der Waals surface area contributed by atoms with Gasteiger partial charge in [-0.05, 0) is 43.0 Å². The molecule has 33 heavy (non-hydrogen) atoms. The van der Waals surface area contributed by atoms with Crippen molar-refractivity contribution in [2.75, 3.05) is 24.7 Å². The SMILES string of the molecule is Cc1ccc(-c2noc(CC3CCN([S+](C)[O-])C3)n2)cc1NC(=O)c1cnc2ccccn12. The first-order valence-electron chi connectivity index (χ1n) is 10.7. The molecule has 0 aliphatic carbocycles. The molecule has 3 aromatic heterocycles. The molecule has 10 heteroatoms. The van der Waals surface area contributed by atoms with Crippen LogP contribution in [-0.2, 0) is 17.8 Å². The molecule has 1 aliphatic rings. The van der Waals surface area contributed by atoms with Crippen molar-refractivity contribution in [1.29, 1.82) is 0 Å². The van der Waals surface area contributed by atoms with Crippen LogP contribution in [0.15, 0.2) is 53.3 Å². The Hall–Kier alpha value is -3.21. The van der Waals surface area contributed by atoms with E-state index >= 15 is 0 Å². The van der Waals surface area contributed by atoms with E-state index in [1.54, 1.807) is 16.9 Å². The monoisotopic (exact) mass is 464 g/mol. The number of fused-ring (bicyclic) bond motifs is 1. The molecule has 0 saturated carbocycles. The van der Waals surface area contributed by atoms with Crippen molar-refractivity contribution in [3.05, 3.63) is 65.9 Å². The number of carbonyl (C=O) groups excluding carboxylic acids is 1. The van der Waals surface area contributed by atoms with Gasteiger partial charge in [0.05, 0.1) is 6.20 Å². The highest BCUT2D eigenvalue weighted by Crippen LogP contribution is 2.26. The molecular weight excluding hydrogens is 440 g/mol. The van der Waals surface area contributed by atoms with Gasteiger partial charge >= 0.3 is 0 Å². The van der Waals surface area contributed by atoms with E-state index in [1.807, 2.05) is 53.8 Å². The molecule has 1 saturated heterocycles. The topological polar surface area (TPSA) is 112 Å². The molecule has 170 valence electrons. The molecule has 4 heterocycles. The molecule has 1 aliphatic heterocycles. The number of hydrogen-bond donors (Lipinski definition) is 1. The van der Waals surface area contributed by atoms with Gasteiger partial charge in [-0.25, -0.2) is 4.98 Å². The van der Waals surface area contributed by atoms with Gasteiger partial charge in [0.25, 0.3) is 5.91 Å². The van der Waals surface area contributed by atoms with Crippen molar-refractivity contribution >= 4 is 28.6 Å². The Labute approximate surface area is 194 Å². The number of carbonyl (C=O) groups is 1. The van der Waals surface area contributed by atoms with Crippen molar-refractivity contribution < 1.29 is 13.9 Å². The second kappa shape index (κ2) is 8.97. The van der Waals surface area contributed by atoms with Crippen molar-refractivity contribution in [2.45, 2.75) is 19.8 Å². The fraction of sp³-hybridized carbons (Fsp3) is 0.304. The molecule has 1 amide bonds. The third kappa shape index (κ3) is 4.50. The number of benzene rings is 1. The van der Waals surface area contributed by atoms with Gasteiger partial charge in [-0.2, -0.15) is 4.98 Å². The Morgan fingerprint density at radius 3 is 3.03 bits per heavy atom. The number of pyridine rings is 1. The normalized spacial score (nSPS) is 17.5. The molecule has 0 bridgehead atoms. The van der Waals surface area contributed by atoms with Crippen LogP contribution in [0.1, 0.15) is 28.4 Å². The van der Waals surface area contributed by atoms with Crippen LogP contribution in [-0.4, -0.2) is 53.6 Å². The molecule has 0 spiro atoms. The molecule has 1 N–H and O–H groups in total. The summed E-state index contributed by atoms with van der Waals surface area (Å²) in [6, 6.07) is 11.3. The summed E-state index contributed by atoms with van der Waals surface area (Å²) in [6.45, 7) is 3.52. The highest BCUT2D eigenvalue weighted by molar-refractivity contribution is 7.88. The number of imidazole rings is 1. The molecular formula is C23H24N6O3S. The van der Waals surface area contributed by atoms with Crippen LogP contribution < -0.4 is 5.32 Å². The lowest BCUT2D eigenvalue weighted by molar-refractivity contribution is 0.102. The number of nitrogens with one attached hydrogen (secondary N) is 1. The number of aryl methyl sites for hydroxylation is 1. The minimum absolute atomic E-state index is 0.248. The van der Waals surface area contributed by atoms with E-state index in [9.17, 15) is 9.35 Å². The minimum atomic E-state index is -0.947. The van der Waals surface area contributed by atoms with Gasteiger partial charge in [-0.15, -0.1) is 4.31 Å². The summed E-state index contributed by atoms with van der Waals surface area (Å²) in [5, 5.41) is 7.11. The molecule has 9 nitrogen and oxygen atoms in total. The second-order valence-corrected chi connectivity index (χ2v) is 9.60. The van der Waals surface area contributed by atoms with Crippen LogP contribution in [0, 0.1) is 12.8 Å². The number of hydrogen-bond acceptors (Lipinski definition) is 7. The first-order valence-corrected chi connectivity index (χ1v) is 12.2. The summed E-state index contributed by atoms with van der Waals surface area (Å²) in [7, 11) is 0. The largest absolute Gasteiger partial charge is 0.598 e. The van der Waals surface area contributed by atoms with E-state index in [-0.39, 0.29) is 5.91 Å². The Kier molecular flexibility index (Phi) is 5.88. The number of rotatable bonds is 6. The minimum Gasteiger partial charge on any atom is -0.598 e. The molecule has 0 radical (unpaired) electrons. The van der Waals surface area contributed by atoms with E-state index in [0.29, 0.717) is 41.1 Å². The predicted molar refractivity (Wildman–Crippen MR) is 125 cm³/mol. The Morgan fingerprint density at radius 1 is 1.33 bits per heavy atom. The van der Waals surface area contributed by atoms with Crippen molar-refractivity contribution in [2.24, 2.45) is 5.92 Å². The average Bonchev–Trinajstić information content (AvgIpc) is 3.55. The smallest absolute Gasteiger partial charge is 0.274 e.